The minimum absolute atomic E-state index is 0.154. The summed E-state index contributed by atoms with van der Waals surface area (Å²) in [5, 5.41) is 7.95. The third-order valence-corrected chi connectivity index (χ3v) is 6.10. The minimum Gasteiger partial charge on any atom is -0.362 e. The summed E-state index contributed by atoms with van der Waals surface area (Å²) in [4.78, 5) is 17.5. The lowest BCUT2D eigenvalue weighted by atomic mass is 10.3. The van der Waals surface area contributed by atoms with E-state index in [1.165, 1.54) is 4.90 Å². The number of halogens is 1. The molecule has 0 radical (unpaired) electrons. The van der Waals surface area contributed by atoms with Crippen molar-refractivity contribution < 1.29 is 4.79 Å². The first-order chi connectivity index (χ1) is 12.6. The highest BCUT2D eigenvalue weighted by molar-refractivity contribution is 7.99. The van der Waals surface area contributed by atoms with E-state index in [0.717, 1.165) is 61.5 Å². The molecule has 1 amide bonds. The quantitative estimate of drug-likeness (QED) is 0.407. The van der Waals surface area contributed by atoms with Crippen molar-refractivity contribution in [1.82, 2.24) is 20.4 Å². The maximum Gasteiger partial charge on any atom is 0.234 e. The predicted octanol–water partition coefficient (Wildman–Crippen LogP) is 2.20. The standard InChI is InChI=1S/C18H25ClN4OS2/c19-14-1-5-16(6-2-14)26-12-7-20-18(25)23-10-8-22(9-11-23)13-17(24)21-15-3-4-15/h1-2,5-6,15H,3-4,7-13H2,(H,20,25)(H,21,24). The normalized spacial score (nSPS) is 17.8. The van der Waals surface area contributed by atoms with Crippen molar-refractivity contribution in [3.8, 4) is 0 Å². The van der Waals surface area contributed by atoms with E-state index >= 15 is 0 Å². The van der Waals surface area contributed by atoms with Crippen LogP contribution in [0.3, 0.4) is 0 Å². The first kappa shape index (κ1) is 19.7. The number of carbonyl (C=O) groups is 1. The number of rotatable bonds is 7. The van der Waals surface area contributed by atoms with Crippen LogP contribution < -0.4 is 10.6 Å². The molecular formula is C18H25ClN4OS2. The van der Waals surface area contributed by atoms with E-state index in [1.54, 1.807) is 11.8 Å². The lowest BCUT2D eigenvalue weighted by Crippen LogP contribution is -2.53. The predicted molar refractivity (Wildman–Crippen MR) is 112 cm³/mol. The van der Waals surface area contributed by atoms with Gasteiger partial charge in [-0.25, -0.2) is 0 Å². The first-order valence-corrected chi connectivity index (χ1v) is 10.8. The summed E-state index contributed by atoms with van der Waals surface area (Å²) in [6.45, 7) is 4.82. The molecule has 0 spiro atoms. The second kappa shape index (κ2) is 9.78. The van der Waals surface area contributed by atoms with Crippen LogP contribution in [0.5, 0.6) is 0 Å². The van der Waals surface area contributed by atoms with Gasteiger partial charge in [0.15, 0.2) is 5.11 Å². The highest BCUT2D eigenvalue weighted by atomic mass is 35.5. The number of piperazine rings is 1. The molecule has 2 aliphatic rings. The molecule has 1 heterocycles. The highest BCUT2D eigenvalue weighted by Crippen LogP contribution is 2.20. The van der Waals surface area contributed by atoms with E-state index in [-0.39, 0.29) is 5.91 Å². The van der Waals surface area contributed by atoms with Crippen LogP contribution in [0.25, 0.3) is 0 Å². The minimum atomic E-state index is 0.154. The van der Waals surface area contributed by atoms with Crippen LogP contribution in [-0.2, 0) is 4.79 Å². The molecule has 8 heteroatoms. The van der Waals surface area contributed by atoms with Gasteiger partial charge in [-0.1, -0.05) is 11.6 Å². The van der Waals surface area contributed by atoms with Crippen molar-refractivity contribution in [2.45, 2.75) is 23.8 Å². The summed E-state index contributed by atoms with van der Waals surface area (Å²) in [6, 6.07) is 8.32. The van der Waals surface area contributed by atoms with Gasteiger partial charge in [0, 0.05) is 54.4 Å². The van der Waals surface area contributed by atoms with Crippen molar-refractivity contribution in [2.24, 2.45) is 0 Å². The Morgan fingerprint density at radius 1 is 1.19 bits per heavy atom. The summed E-state index contributed by atoms with van der Waals surface area (Å²) in [6.07, 6.45) is 2.27. The molecule has 1 aromatic carbocycles. The number of thiocarbonyl (C=S) groups is 1. The van der Waals surface area contributed by atoms with Gasteiger partial charge >= 0.3 is 0 Å². The van der Waals surface area contributed by atoms with Gasteiger partial charge in [0.25, 0.3) is 0 Å². The molecule has 1 aromatic rings. The van der Waals surface area contributed by atoms with Gasteiger partial charge in [0.1, 0.15) is 0 Å². The van der Waals surface area contributed by atoms with Crippen LogP contribution in [0.1, 0.15) is 12.8 Å². The topological polar surface area (TPSA) is 47.6 Å². The summed E-state index contributed by atoms with van der Waals surface area (Å²) in [5.41, 5.74) is 0. The summed E-state index contributed by atoms with van der Waals surface area (Å²) in [7, 11) is 0. The molecule has 1 saturated carbocycles. The van der Waals surface area contributed by atoms with Crippen LogP contribution in [0, 0.1) is 0 Å². The number of amides is 1. The van der Waals surface area contributed by atoms with Crippen molar-refractivity contribution in [1.29, 1.82) is 0 Å². The van der Waals surface area contributed by atoms with Crippen LogP contribution in [0.15, 0.2) is 29.2 Å². The van der Waals surface area contributed by atoms with Crippen molar-refractivity contribution in [3.63, 3.8) is 0 Å². The smallest absolute Gasteiger partial charge is 0.234 e. The van der Waals surface area contributed by atoms with Crippen molar-refractivity contribution in [3.05, 3.63) is 29.3 Å². The van der Waals surface area contributed by atoms with Gasteiger partial charge in [0.05, 0.1) is 6.54 Å². The zero-order valence-electron chi connectivity index (χ0n) is 14.7. The molecule has 142 valence electrons. The van der Waals surface area contributed by atoms with Crippen LogP contribution in [0.2, 0.25) is 5.02 Å². The van der Waals surface area contributed by atoms with Crippen molar-refractivity contribution >= 4 is 46.6 Å². The van der Waals surface area contributed by atoms with Gasteiger partial charge in [-0.15, -0.1) is 11.8 Å². The van der Waals surface area contributed by atoms with E-state index in [0.29, 0.717) is 12.6 Å². The molecule has 0 atom stereocenters. The lowest BCUT2D eigenvalue weighted by molar-refractivity contribution is -0.122. The second-order valence-electron chi connectivity index (χ2n) is 6.64. The Morgan fingerprint density at radius 2 is 1.88 bits per heavy atom. The Labute approximate surface area is 169 Å². The monoisotopic (exact) mass is 412 g/mol. The average molecular weight is 413 g/mol. The molecule has 0 aromatic heterocycles. The number of nitrogens with one attached hydrogen (secondary N) is 2. The molecule has 3 rings (SSSR count). The van der Waals surface area contributed by atoms with Crippen LogP contribution >= 0.6 is 35.6 Å². The van der Waals surface area contributed by atoms with Gasteiger partial charge in [-0.2, -0.15) is 0 Å². The second-order valence-corrected chi connectivity index (χ2v) is 8.63. The molecular weight excluding hydrogens is 388 g/mol. The van der Waals surface area contributed by atoms with E-state index in [4.69, 9.17) is 23.8 Å². The van der Waals surface area contributed by atoms with Crippen LogP contribution in [-0.4, -0.2) is 71.9 Å². The highest BCUT2D eigenvalue weighted by Gasteiger charge is 2.25. The fourth-order valence-electron chi connectivity index (χ4n) is 2.78. The molecule has 1 aliphatic heterocycles. The number of hydrogen-bond acceptors (Lipinski definition) is 4. The third-order valence-electron chi connectivity index (χ3n) is 4.43. The molecule has 1 aliphatic carbocycles. The van der Waals surface area contributed by atoms with Gasteiger partial charge in [-0.05, 0) is 49.3 Å². The summed E-state index contributed by atoms with van der Waals surface area (Å²) in [5.74, 6) is 1.10. The number of thioether (sulfide) groups is 1. The average Bonchev–Trinajstić information content (AvgIpc) is 3.44. The zero-order chi connectivity index (χ0) is 18.4. The third kappa shape index (κ3) is 6.61. The molecule has 1 saturated heterocycles. The van der Waals surface area contributed by atoms with Crippen molar-refractivity contribution in [2.75, 3.05) is 45.0 Å². The van der Waals surface area contributed by atoms with Gasteiger partial charge < -0.3 is 15.5 Å². The molecule has 5 nitrogen and oxygen atoms in total. The van der Waals surface area contributed by atoms with Crippen LogP contribution in [0.4, 0.5) is 0 Å². The Hall–Kier alpha value is -1.02. The van der Waals surface area contributed by atoms with E-state index < -0.39 is 0 Å². The summed E-state index contributed by atoms with van der Waals surface area (Å²) >= 11 is 13.2. The number of nitrogens with zero attached hydrogens (tertiary/aromatic N) is 2. The lowest BCUT2D eigenvalue weighted by Gasteiger charge is -2.35. The molecule has 0 unspecified atom stereocenters. The largest absolute Gasteiger partial charge is 0.362 e. The van der Waals surface area contributed by atoms with E-state index in [9.17, 15) is 4.79 Å². The molecule has 2 N–H and O–H groups in total. The number of carbonyl (C=O) groups excluding carboxylic acids is 1. The number of benzene rings is 1. The maximum atomic E-state index is 11.9. The Morgan fingerprint density at radius 3 is 2.54 bits per heavy atom. The molecule has 0 bridgehead atoms. The Bertz CT molecular complexity index is 616. The number of hydrogen-bond donors (Lipinski definition) is 2. The fraction of sp³-hybridized carbons (Fsp3) is 0.556. The SMILES string of the molecule is O=C(CN1CCN(C(=S)NCCSc2ccc(Cl)cc2)CC1)NC1CC1. The zero-order valence-corrected chi connectivity index (χ0v) is 17.1. The first-order valence-electron chi connectivity index (χ1n) is 9.03. The summed E-state index contributed by atoms with van der Waals surface area (Å²) < 4.78 is 0. The van der Waals surface area contributed by atoms with Gasteiger partial charge in [0.2, 0.25) is 5.91 Å². The Balaban J connectivity index is 1.28. The van der Waals surface area contributed by atoms with E-state index in [2.05, 4.69) is 20.4 Å². The maximum absolute atomic E-state index is 11.9. The molecule has 26 heavy (non-hydrogen) atoms. The van der Waals surface area contributed by atoms with Gasteiger partial charge in [-0.3, -0.25) is 9.69 Å². The Kier molecular flexibility index (Phi) is 7.42. The fourth-order valence-corrected chi connectivity index (χ4v) is 3.96. The molecule has 2 fully saturated rings. The van der Waals surface area contributed by atoms with E-state index in [1.807, 2.05) is 24.3 Å².